The second-order valence-electron chi connectivity index (χ2n) is 7.82. The van der Waals surface area contributed by atoms with Gasteiger partial charge in [0.1, 0.15) is 18.1 Å². The maximum Gasteiger partial charge on any atom is 0.248 e. The number of nitrogen functional groups attached to an aromatic ring is 1. The smallest absolute Gasteiger partial charge is 0.248 e. The zero-order valence-corrected chi connectivity index (χ0v) is 18.2. The summed E-state index contributed by atoms with van der Waals surface area (Å²) in [5.41, 5.74) is 8.19. The van der Waals surface area contributed by atoms with Gasteiger partial charge in [-0.25, -0.2) is 28.4 Å². The van der Waals surface area contributed by atoms with Crippen LogP contribution in [0, 0.1) is 0 Å². The maximum absolute atomic E-state index is 11.6. The Morgan fingerprint density at radius 2 is 1.93 bits per heavy atom. The molecule has 28 heavy (non-hydrogen) atoms. The molecule has 9 nitrogen and oxygen atoms in total. The summed E-state index contributed by atoms with van der Waals surface area (Å²) in [6.07, 6.45) is 5.82. The van der Waals surface area contributed by atoms with E-state index >= 15 is 0 Å². The number of hydrogen-bond acceptors (Lipinski definition) is 8. The molecule has 0 aliphatic rings. The molecular formula is C17H24N6O3SSi. The van der Waals surface area contributed by atoms with Gasteiger partial charge >= 0.3 is 0 Å². The van der Waals surface area contributed by atoms with Gasteiger partial charge in [-0.1, -0.05) is 19.6 Å². The Kier molecular flexibility index (Phi) is 5.50. The first-order chi connectivity index (χ1) is 13.0. The van der Waals surface area contributed by atoms with Crippen LogP contribution >= 0.6 is 0 Å². The van der Waals surface area contributed by atoms with Crippen LogP contribution in [-0.2, 0) is 21.3 Å². The van der Waals surface area contributed by atoms with Gasteiger partial charge in [0.05, 0.1) is 17.5 Å². The maximum atomic E-state index is 11.6. The van der Waals surface area contributed by atoms with Gasteiger partial charge in [0.2, 0.25) is 15.0 Å². The average molecular weight is 421 g/mol. The SMILES string of the molecule is C[Si](C)(C)CCOCn1ccc2nc(-c3cnc(S(C)(=O)=O)nc3N)cnc21. The van der Waals surface area contributed by atoms with Crippen LogP contribution in [0.2, 0.25) is 25.7 Å². The molecule has 11 heteroatoms. The third kappa shape index (κ3) is 4.72. The molecule has 0 saturated heterocycles. The molecule has 3 rings (SSSR count). The van der Waals surface area contributed by atoms with Gasteiger partial charge in [-0.05, 0) is 12.1 Å². The molecular weight excluding hydrogens is 396 g/mol. The van der Waals surface area contributed by atoms with Crippen LogP contribution in [-0.4, -0.2) is 53.9 Å². The summed E-state index contributed by atoms with van der Waals surface area (Å²) in [7, 11) is -4.65. The minimum Gasteiger partial charge on any atom is -0.383 e. The fourth-order valence-electron chi connectivity index (χ4n) is 2.49. The molecule has 0 atom stereocenters. The lowest BCUT2D eigenvalue weighted by molar-refractivity contribution is 0.0899. The Morgan fingerprint density at radius 1 is 1.18 bits per heavy atom. The van der Waals surface area contributed by atoms with Crippen LogP contribution in [0.4, 0.5) is 5.82 Å². The summed E-state index contributed by atoms with van der Waals surface area (Å²) < 4.78 is 30.8. The number of aromatic nitrogens is 5. The van der Waals surface area contributed by atoms with Crippen LogP contribution in [0.25, 0.3) is 22.4 Å². The Balaban J connectivity index is 1.81. The van der Waals surface area contributed by atoms with Gasteiger partial charge in [0.15, 0.2) is 5.65 Å². The Hall–Kier alpha value is -2.37. The Labute approximate surface area is 164 Å². The molecule has 0 amide bonds. The topological polar surface area (TPSA) is 126 Å². The Bertz CT molecular complexity index is 1110. The molecule has 3 heterocycles. The zero-order valence-electron chi connectivity index (χ0n) is 16.4. The number of hydrogen-bond donors (Lipinski definition) is 1. The van der Waals surface area contributed by atoms with Crippen molar-refractivity contribution in [2.75, 3.05) is 18.6 Å². The second-order valence-corrected chi connectivity index (χ2v) is 15.4. The highest BCUT2D eigenvalue weighted by molar-refractivity contribution is 7.90. The lowest BCUT2D eigenvalue weighted by atomic mass is 10.2. The molecule has 0 saturated carbocycles. The van der Waals surface area contributed by atoms with Crippen molar-refractivity contribution in [3.8, 4) is 11.3 Å². The van der Waals surface area contributed by atoms with Crippen molar-refractivity contribution in [2.45, 2.75) is 37.6 Å². The number of nitrogens with zero attached hydrogens (tertiary/aromatic N) is 5. The van der Waals surface area contributed by atoms with E-state index in [1.54, 1.807) is 6.20 Å². The highest BCUT2D eigenvalue weighted by Gasteiger charge is 2.16. The third-order valence-electron chi connectivity index (χ3n) is 4.09. The first kappa shape index (κ1) is 20.4. The summed E-state index contributed by atoms with van der Waals surface area (Å²) >= 11 is 0. The van der Waals surface area contributed by atoms with Crippen LogP contribution in [0.15, 0.2) is 29.8 Å². The summed E-state index contributed by atoms with van der Waals surface area (Å²) in [5.74, 6) is 0.0400. The molecule has 0 bridgehead atoms. The summed E-state index contributed by atoms with van der Waals surface area (Å²) in [4.78, 5) is 16.7. The van der Waals surface area contributed by atoms with Gasteiger partial charge in [-0.3, -0.25) is 0 Å². The standard InChI is InChI=1S/C17H24N6O3SSi/c1-27(24,25)17-20-9-12(15(18)22-17)14-10-19-16-13(21-14)5-6-23(16)11-26-7-8-28(2,3)4/h5-6,9-10H,7-8,11H2,1-4H3,(H2,18,20,22). The summed E-state index contributed by atoms with van der Waals surface area (Å²) in [5, 5.41) is -0.315. The molecule has 0 radical (unpaired) electrons. The number of rotatable bonds is 7. The van der Waals surface area contributed by atoms with Crippen molar-refractivity contribution >= 4 is 34.9 Å². The van der Waals surface area contributed by atoms with E-state index in [4.69, 9.17) is 10.5 Å². The molecule has 150 valence electrons. The van der Waals surface area contributed by atoms with Gasteiger partial charge in [-0.15, -0.1) is 0 Å². The fraction of sp³-hybridized carbons (Fsp3) is 0.412. The minimum atomic E-state index is -3.53. The number of nitrogens with two attached hydrogens (primary N) is 1. The lowest BCUT2D eigenvalue weighted by Gasteiger charge is -2.15. The minimum absolute atomic E-state index is 0.0400. The molecule has 0 spiro atoms. The van der Waals surface area contributed by atoms with E-state index in [9.17, 15) is 8.42 Å². The highest BCUT2D eigenvalue weighted by atomic mass is 32.2. The number of ether oxygens (including phenoxy) is 1. The second kappa shape index (κ2) is 7.57. The largest absolute Gasteiger partial charge is 0.383 e. The molecule has 0 aliphatic heterocycles. The van der Waals surface area contributed by atoms with Crippen molar-refractivity contribution in [2.24, 2.45) is 0 Å². The van der Waals surface area contributed by atoms with Gasteiger partial charge < -0.3 is 15.0 Å². The zero-order chi connectivity index (χ0) is 20.5. The molecule has 2 N–H and O–H groups in total. The normalized spacial score (nSPS) is 12.6. The van der Waals surface area contributed by atoms with E-state index in [2.05, 4.69) is 39.6 Å². The predicted octanol–water partition coefficient (Wildman–Crippen LogP) is 2.19. The van der Waals surface area contributed by atoms with Crippen LogP contribution in [0.1, 0.15) is 0 Å². The molecule has 3 aromatic rings. The van der Waals surface area contributed by atoms with Crippen molar-refractivity contribution < 1.29 is 13.2 Å². The fourth-order valence-corrected chi connectivity index (χ4v) is 3.76. The average Bonchev–Trinajstić information content (AvgIpc) is 2.99. The molecule has 0 aliphatic carbocycles. The van der Waals surface area contributed by atoms with Gasteiger partial charge in [-0.2, -0.15) is 0 Å². The monoisotopic (exact) mass is 420 g/mol. The van der Waals surface area contributed by atoms with E-state index < -0.39 is 17.9 Å². The van der Waals surface area contributed by atoms with Crippen LogP contribution in [0.5, 0.6) is 0 Å². The summed E-state index contributed by atoms with van der Waals surface area (Å²) in [6, 6.07) is 2.94. The molecule has 0 aromatic carbocycles. The van der Waals surface area contributed by atoms with E-state index in [-0.39, 0.29) is 11.0 Å². The van der Waals surface area contributed by atoms with Crippen molar-refractivity contribution in [3.05, 3.63) is 24.7 Å². The lowest BCUT2D eigenvalue weighted by Crippen LogP contribution is -2.22. The Morgan fingerprint density at radius 3 is 2.57 bits per heavy atom. The van der Waals surface area contributed by atoms with Crippen LogP contribution < -0.4 is 5.73 Å². The number of anilines is 1. The van der Waals surface area contributed by atoms with Crippen molar-refractivity contribution in [3.63, 3.8) is 0 Å². The van der Waals surface area contributed by atoms with Crippen LogP contribution in [0.3, 0.4) is 0 Å². The first-order valence-corrected chi connectivity index (χ1v) is 14.4. The number of fused-ring (bicyclic) bond motifs is 1. The van der Waals surface area contributed by atoms with E-state index in [1.165, 1.54) is 6.20 Å². The highest BCUT2D eigenvalue weighted by Crippen LogP contribution is 2.24. The molecule has 3 aromatic heterocycles. The van der Waals surface area contributed by atoms with Crippen molar-refractivity contribution in [1.82, 2.24) is 24.5 Å². The van der Waals surface area contributed by atoms with E-state index in [0.29, 0.717) is 29.2 Å². The van der Waals surface area contributed by atoms with E-state index in [1.807, 2.05) is 16.8 Å². The van der Waals surface area contributed by atoms with E-state index in [0.717, 1.165) is 18.9 Å². The van der Waals surface area contributed by atoms with Crippen molar-refractivity contribution in [1.29, 1.82) is 0 Å². The van der Waals surface area contributed by atoms with Gasteiger partial charge in [0, 0.05) is 33.3 Å². The molecule has 0 unspecified atom stereocenters. The first-order valence-electron chi connectivity index (χ1n) is 8.77. The number of sulfone groups is 1. The quantitative estimate of drug-likeness (QED) is 0.350. The summed E-state index contributed by atoms with van der Waals surface area (Å²) in [6.45, 7) is 8.07. The van der Waals surface area contributed by atoms with Gasteiger partial charge in [0.25, 0.3) is 0 Å². The predicted molar refractivity (Wildman–Crippen MR) is 110 cm³/mol. The molecule has 0 fully saturated rings. The third-order valence-corrected chi connectivity index (χ3v) is 6.66.